The minimum atomic E-state index is -1.35. The average Bonchev–Trinajstić information content (AvgIpc) is 2.84. The lowest BCUT2D eigenvalue weighted by atomic mass is 9.66. The number of hydrogen-bond acceptors (Lipinski definition) is 3. The van der Waals surface area contributed by atoms with E-state index in [0.29, 0.717) is 12.0 Å². The number of rotatable bonds is 11. The van der Waals surface area contributed by atoms with Gasteiger partial charge in [0, 0.05) is 11.0 Å². The van der Waals surface area contributed by atoms with E-state index in [1.54, 1.807) is 0 Å². The normalized spacial score (nSPS) is 15.0. The van der Waals surface area contributed by atoms with E-state index >= 15 is 0 Å². The SMILES string of the molecule is CCC(CC)(c1ccc(CC(C)C(O)(CC)C(C)(C)C)c(C)c1)c1ccc(C(=O)NC(C)(C)C(=O)O)c(C)c1. The van der Waals surface area contributed by atoms with Crippen molar-refractivity contribution < 1.29 is 19.8 Å². The first-order chi connectivity index (χ1) is 17.9. The largest absolute Gasteiger partial charge is 0.480 e. The molecule has 2 aromatic carbocycles. The Balaban J connectivity index is 2.45. The summed E-state index contributed by atoms with van der Waals surface area (Å²) in [6.45, 7) is 22.0. The van der Waals surface area contributed by atoms with E-state index in [4.69, 9.17) is 0 Å². The van der Waals surface area contributed by atoms with Crippen LogP contribution in [0, 0.1) is 25.2 Å². The quantitative estimate of drug-likeness (QED) is 0.279. The van der Waals surface area contributed by atoms with Gasteiger partial charge in [0.1, 0.15) is 5.54 Å². The van der Waals surface area contributed by atoms with Crippen LogP contribution in [0.4, 0.5) is 0 Å². The van der Waals surface area contributed by atoms with Crippen LogP contribution in [-0.4, -0.2) is 33.2 Å². The van der Waals surface area contributed by atoms with Gasteiger partial charge in [0.2, 0.25) is 0 Å². The number of carbonyl (C=O) groups excluding carboxylic acids is 1. The smallest absolute Gasteiger partial charge is 0.328 e. The summed E-state index contributed by atoms with van der Waals surface area (Å²) in [7, 11) is 0. The molecule has 2 rings (SSSR count). The predicted octanol–water partition coefficient (Wildman–Crippen LogP) is 7.37. The number of aliphatic hydroxyl groups is 1. The van der Waals surface area contributed by atoms with Gasteiger partial charge in [-0.3, -0.25) is 4.79 Å². The van der Waals surface area contributed by atoms with Gasteiger partial charge < -0.3 is 15.5 Å². The number of aryl methyl sites for hydroxylation is 2. The van der Waals surface area contributed by atoms with E-state index in [-0.39, 0.29) is 22.7 Å². The van der Waals surface area contributed by atoms with E-state index in [9.17, 15) is 19.8 Å². The van der Waals surface area contributed by atoms with Gasteiger partial charge in [-0.05, 0) is 98.6 Å². The van der Waals surface area contributed by atoms with Gasteiger partial charge in [0.05, 0.1) is 5.60 Å². The number of carbonyl (C=O) groups is 2. The lowest BCUT2D eigenvalue weighted by molar-refractivity contribution is -0.143. The standard InChI is InChI=1S/C34H51NO4/c1-12-33(13-2,27-17-18-28(23(5)20-27)29(36)35-32(10,11)30(37)38)26-16-15-25(22(4)19-26)21-24(6)34(39,14-3)31(7,8)9/h15-20,24,39H,12-14,21H2,1-11H3,(H,35,36)(H,37,38). The predicted molar refractivity (Wildman–Crippen MR) is 160 cm³/mol. The molecule has 0 saturated heterocycles. The van der Waals surface area contributed by atoms with Gasteiger partial charge in [-0.1, -0.05) is 78.8 Å². The molecule has 39 heavy (non-hydrogen) atoms. The van der Waals surface area contributed by atoms with E-state index in [1.165, 1.54) is 30.5 Å². The van der Waals surface area contributed by atoms with Crippen molar-refractivity contribution in [3.8, 4) is 0 Å². The van der Waals surface area contributed by atoms with Gasteiger partial charge in [0.25, 0.3) is 5.91 Å². The number of carboxylic acid groups (broad SMARTS) is 1. The second-order valence-electron chi connectivity index (χ2n) is 13.0. The van der Waals surface area contributed by atoms with Gasteiger partial charge in [-0.15, -0.1) is 0 Å². The van der Waals surface area contributed by atoms with Crippen LogP contribution in [-0.2, 0) is 16.6 Å². The van der Waals surface area contributed by atoms with E-state index < -0.39 is 17.1 Å². The first-order valence-electron chi connectivity index (χ1n) is 14.4. The molecular formula is C34H51NO4. The molecule has 0 spiro atoms. The van der Waals surface area contributed by atoms with Gasteiger partial charge in [0.15, 0.2) is 0 Å². The van der Waals surface area contributed by atoms with Crippen molar-refractivity contribution in [2.24, 2.45) is 11.3 Å². The fraction of sp³-hybridized carbons (Fsp3) is 0.588. The third kappa shape index (κ3) is 6.40. The highest BCUT2D eigenvalue weighted by molar-refractivity contribution is 5.98. The third-order valence-corrected chi connectivity index (χ3v) is 9.27. The third-order valence-electron chi connectivity index (χ3n) is 9.27. The molecule has 0 fully saturated rings. The van der Waals surface area contributed by atoms with Crippen molar-refractivity contribution in [1.29, 1.82) is 0 Å². The monoisotopic (exact) mass is 537 g/mol. The molecule has 0 aromatic heterocycles. The van der Waals surface area contributed by atoms with Crippen molar-refractivity contribution in [2.45, 2.75) is 118 Å². The van der Waals surface area contributed by atoms with E-state index in [0.717, 1.165) is 30.4 Å². The highest BCUT2D eigenvalue weighted by Crippen LogP contribution is 2.43. The Morgan fingerprint density at radius 3 is 1.77 bits per heavy atom. The first kappa shape index (κ1) is 32.6. The molecule has 5 heteroatoms. The van der Waals surface area contributed by atoms with Crippen LogP contribution >= 0.6 is 0 Å². The molecule has 5 nitrogen and oxygen atoms in total. The van der Waals surface area contributed by atoms with Crippen LogP contribution in [0.25, 0.3) is 0 Å². The topological polar surface area (TPSA) is 86.6 Å². The zero-order valence-corrected chi connectivity index (χ0v) is 26.1. The minimum Gasteiger partial charge on any atom is -0.480 e. The molecule has 3 N–H and O–H groups in total. The number of amides is 1. The van der Waals surface area contributed by atoms with E-state index in [1.807, 2.05) is 19.1 Å². The summed E-state index contributed by atoms with van der Waals surface area (Å²) in [6, 6.07) is 12.7. The lowest BCUT2D eigenvalue weighted by Gasteiger charge is -2.44. The summed E-state index contributed by atoms with van der Waals surface area (Å²) in [5.74, 6) is -1.35. The molecule has 0 heterocycles. The Bertz CT molecular complexity index is 1190. The fourth-order valence-electron chi connectivity index (χ4n) is 6.19. The van der Waals surface area contributed by atoms with Crippen LogP contribution in [0.3, 0.4) is 0 Å². The van der Waals surface area contributed by atoms with Crippen LogP contribution < -0.4 is 5.32 Å². The highest BCUT2D eigenvalue weighted by atomic mass is 16.4. The average molecular weight is 538 g/mol. The number of hydrogen-bond donors (Lipinski definition) is 3. The molecule has 1 amide bonds. The summed E-state index contributed by atoms with van der Waals surface area (Å²) in [5, 5.41) is 23.5. The number of carboxylic acids is 1. The summed E-state index contributed by atoms with van der Waals surface area (Å²) < 4.78 is 0. The highest BCUT2D eigenvalue weighted by Gasteiger charge is 2.43. The van der Waals surface area contributed by atoms with Gasteiger partial charge >= 0.3 is 5.97 Å². The summed E-state index contributed by atoms with van der Waals surface area (Å²) in [5.41, 5.74) is 3.64. The zero-order chi connectivity index (χ0) is 30.0. The molecule has 2 aromatic rings. The first-order valence-corrected chi connectivity index (χ1v) is 14.4. The fourth-order valence-corrected chi connectivity index (χ4v) is 6.19. The minimum absolute atomic E-state index is 0.113. The second-order valence-corrected chi connectivity index (χ2v) is 13.0. The maximum Gasteiger partial charge on any atom is 0.328 e. The Hall–Kier alpha value is -2.66. The molecule has 0 aliphatic carbocycles. The van der Waals surface area contributed by atoms with Crippen molar-refractivity contribution in [2.75, 3.05) is 0 Å². The molecule has 2 atom stereocenters. The van der Waals surface area contributed by atoms with E-state index in [2.05, 4.69) is 85.0 Å². The van der Waals surface area contributed by atoms with Crippen LogP contribution in [0.2, 0.25) is 0 Å². The van der Waals surface area contributed by atoms with Crippen LogP contribution in [0.5, 0.6) is 0 Å². The second kappa shape index (κ2) is 11.8. The van der Waals surface area contributed by atoms with Crippen LogP contribution in [0.1, 0.15) is 120 Å². The maximum absolute atomic E-state index is 12.9. The molecule has 2 unspecified atom stereocenters. The maximum atomic E-state index is 12.9. The van der Waals surface area contributed by atoms with Crippen molar-refractivity contribution >= 4 is 11.9 Å². The molecule has 0 radical (unpaired) electrons. The Morgan fingerprint density at radius 2 is 1.36 bits per heavy atom. The van der Waals surface area contributed by atoms with Crippen molar-refractivity contribution in [3.05, 3.63) is 69.8 Å². The van der Waals surface area contributed by atoms with Crippen molar-refractivity contribution in [3.63, 3.8) is 0 Å². The van der Waals surface area contributed by atoms with Crippen LogP contribution in [0.15, 0.2) is 36.4 Å². The summed E-state index contributed by atoms with van der Waals surface area (Å²) >= 11 is 0. The number of benzene rings is 2. The Labute approximate surface area is 236 Å². The molecular weight excluding hydrogens is 486 g/mol. The Kier molecular flexibility index (Phi) is 9.88. The molecule has 0 aliphatic heterocycles. The van der Waals surface area contributed by atoms with Crippen molar-refractivity contribution in [1.82, 2.24) is 5.32 Å². The molecule has 0 aliphatic rings. The van der Waals surface area contributed by atoms with Gasteiger partial charge in [-0.2, -0.15) is 0 Å². The lowest BCUT2D eigenvalue weighted by Crippen LogP contribution is -2.49. The molecule has 216 valence electrons. The Morgan fingerprint density at radius 1 is 0.846 bits per heavy atom. The summed E-state index contributed by atoms with van der Waals surface area (Å²) in [4.78, 5) is 24.4. The molecule has 0 saturated carbocycles. The number of nitrogens with one attached hydrogen (secondary N) is 1. The summed E-state index contributed by atoms with van der Waals surface area (Å²) in [6.07, 6.45) is 3.32. The number of aliphatic carboxylic acids is 1. The zero-order valence-electron chi connectivity index (χ0n) is 26.1. The van der Waals surface area contributed by atoms with Gasteiger partial charge in [-0.25, -0.2) is 4.79 Å². The molecule has 0 bridgehead atoms.